The number of rotatable bonds is 4. The molecule has 0 bridgehead atoms. The molecular formula is C11H14Br2O. The van der Waals surface area contributed by atoms with Crippen LogP contribution in [0, 0.1) is 0 Å². The van der Waals surface area contributed by atoms with Crippen molar-refractivity contribution in [2.45, 2.75) is 32.3 Å². The molecule has 1 nitrogen and oxygen atoms in total. The first-order valence-electron chi connectivity index (χ1n) is 4.78. The lowest BCUT2D eigenvalue weighted by molar-refractivity contribution is 0.163. The van der Waals surface area contributed by atoms with Crippen LogP contribution in [0.3, 0.4) is 0 Å². The third-order valence-electron chi connectivity index (χ3n) is 2.15. The second-order valence-corrected chi connectivity index (χ2v) is 5.09. The van der Waals surface area contributed by atoms with Gasteiger partial charge in [0.1, 0.15) is 0 Å². The number of halogens is 2. The van der Waals surface area contributed by atoms with Gasteiger partial charge in [0, 0.05) is 8.95 Å². The highest BCUT2D eigenvalue weighted by Crippen LogP contribution is 2.29. The molecule has 0 saturated heterocycles. The molecule has 0 fully saturated rings. The molecular weight excluding hydrogens is 308 g/mol. The van der Waals surface area contributed by atoms with E-state index in [0.29, 0.717) is 0 Å². The van der Waals surface area contributed by atoms with E-state index in [1.54, 1.807) is 0 Å². The predicted octanol–water partition coefficient (Wildman–Crippen LogP) is 4.44. The maximum absolute atomic E-state index is 9.91. The first-order valence-corrected chi connectivity index (χ1v) is 6.36. The van der Waals surface area contributed by atoms with E-state index in [4.69, 9.17) is 0 Å². The first kappa shape index (κ1) is 12.2. The van der Waals surface area contributed by atoms with Gasteiger partial charge in [-0.25, -0.2) is 0 Å². The van der Waals surface area contributed by atoms with Gasteiger partial charge >= 0.3 is 0 Å². The summed E-state index contributed by atoms with van der Waals surface area (Å²) in [6.45, 7) is 2.13. The Labute approximate surface area is 102 Å². The maximum atomic E-state index is 9.91. The van der Waals surface area contributed by atoms with Crippen molar-refractivity contribution in [1.82, 2.24) is 0 Å². The Bertz CT molecular complexity index is 299. The van der Waals surface area contributed by atoms with Crippen LogP contribution in [0.15, 0.2) is 27.1 Å². The van der Waals surface area contributed by atoms with E-state index in [0.717, 1.165) is 33.8 Å². The summed E-state index contributed by atoms with van der Waals surface area (Å²) in [5.74, 6) is 0. The van der Waals surface area contributed by atoms with E-state index in [1.165, 1.54) is 0 Å². The van der Waals surface area contributed by atoms with Crippen LogP contribution in [-0.2, 0) is 0 Å². The van der Waals surface area contributed by atoms with Crippen molar-refractivity contribution in [2.24, 2.45) is 0 Å². The van der Waals surface area contributed by atoms with Crippen LogP contribution in [-0.4, -0.2) is 5.11 Å². The van der Waals surface area contributed by atoms with Gasteiger partial charge in [0.15, 0.2) is 0 Å². The third-order valence-corrected chi connectivity index (χ3v) is 3.36. The normalized spacial score (nSPS) is 12.9. The number of hydrogen-bond donors (Lipinski definition) is 1. The first-order chi connectivity index (χ1) is 6.65. The minimum atomic E-state index is -0.359. The van der Waals surface area contributed by atoms with Gasteiger partial charge in [-0.3, -0.25) is 0 Å². The van der Waals surface area contributed by atoms with E-state index in [2.05, 4.69) is 38.8 Å². The summed E-state index contributed by atoms with van der Waals surface area (Å²) < 4.78 is 1.98. The Hall–Kier alpha value is 0.140. The molecule has 0 aliphatic heterocycles. The van der Waals surface area contributed by atoms with Crippen LogP contribution >= 0.6 is 31.9 Å². The number of benzene rings is 1. The second kappa shape index (κ2) is 5.89. The average Bonchev–Trinajstić information content (AvgIpc) is 2.18. The number of aliphatic hydroxyl groups excluding tert-OH is 1. The summed E-state index contributed by atoms with van der Waals surface area (Å²) in [5.41, 5.74) is 0.966. The fourth-order valence-electron chi connectivity index (χ4n) is 1.32. The molecule has 0 radical (unpaired) electrons. The van der Waals surface area contributed by atoms with Gasteiger partial charge in [-0.1, -0.05) is 51.6 Å². The monoisotopic (exact) mass is 320 g/mol. The van der Waals surface area contributed by atoms with E-state index in [9.17, 15) is 5.11 Å². The molecule has 0 aromatic heterocycles. The summed E-state index contributed by atoms with van der Waals surface area (Å²) in [7, 11) is 0. The lowest BCUT2D eigenvalue weighted by Crippen LogP contribution is -1.98. The molecule has 0 aliphatic rings. The Balaban J connectivity index is 2.77. The zero-order valence-corrected chi connectivity index (χ0v) is 11.3. The summed E-state index contributed by atoms with van der Waals surface area (Å²) in [6, 6.07) is 5.87. The molecule has 1 N–H and O–H groups in total. The largest absolute Gasteiger partial charge is 0.388 e. The van der Waals surface area contributed by atoms with E-state index in [1.807, 2.05) is 18.2 Å². The van der Waals surface area contributed by atoms with Crippen LogP contribution < -0.4 is 0 Å². The molecule has 78 valence electrons. The van der Waals surface area contributed by atoms with Gasteiger partial charge in [0.2, 0.25) is 0 Å². The molecule has 0 saturated carbocycles. The van der Waals surface area contributed by atoms with Crippen LogP contribution in [0.1, 0.15) is 37.9 Å². The number of hydrogen-bond acceptors (Lipinski definition) is 1. The summed E-state index contributed by atoms with van der Waals surface area (Å²) in [6.07, 6.45) is 2.63. The van der Waals surface area contributed by atoms with Gasteiger partial charge < -0.3 is 5.11 Å². The van der Waals surface area contributed by atoms with Crippen molar-refractivity contribution in [3.63, 3.8) is 0 Å². The van der Waals surface area contributed by atoms with E-state index >= 15 is 0 Å². The topological polar surface area (TPSA) is 20.2 Å². The van der Waals surface area contributed by atoms with Crippen LogP contribution in [0.5, 0.6) is 0 Å². The van der Waals surface area contributed by atoms with Crippen LogP contribution in [0.2, 0.25) is 0 Å². The molecule has 0 amide bonds. The van der Waals surface area contributed by atoms with Crippen molar-refractivity contribution in [3.05, 3.63) is 32.7 Å². The summed E-state index contributed by atoms with van der Waals surface area (Å²) in [4.78, 5) is 0. The Morgan fingerprint density at radius 3 is 2.71 bits per heavy atom. The Morgan fingerprint density at radius 1 is 1.36 bits per heavy atom. The predicted molar refractivity (Wildman–Crippen MR) is 66.3 cm³/mol. The van der Waals surface area contributed by atoms with Gasteiger partial charge in [-0.2, -0.15) is 0 Å². The summed E-state index contributed by atoms with van der Waals surface area (Å²) in [5, 5.41) is 9.91. The lowest BCUT2D eigenvalue weighted by atomic mass is 10.0. The number of aliphatic hydroxyl groups is 1. The van der Waals surface area contributed by atoms with Gasteiger partial charge in [-0.15, -0.1) is 0 Å². The van der Waals surface area contributed by atoms with Crippen molar-refractivity contribution in [3.8, 4) is 0 Å². The highest BCUT2D eigenvalue weighted by atomic mass is 79.9. The van der Waals surface area contributed by atoms with E-state index < -0.39 is 0 Å². The SMILES string of the molecule is CCCCC(O)c1cc(Br)ccc1Br. The maximum Gasteiger partial charge on any atom is 0.0801 e. The minimum absolute atomic E-state index is 0.359. The Morgan fingerprint density at radius 2 is 2.07 bits per heavy atom. The Kier molecular flexibility index (Phi) is 5.13. The highest BCUT2D eigenvalue weighted by Gasteiger charge is 2.10. The van der Waals surface area contributed by atoms with Crippen molar-refractivity contribution in [2.75, 3.05) is 0 Å². The number of unbranched alkanes of at least 4 members (excludes halogenated alkanes) is 1. The average molecular weight is 322 g/mol. The zero-order valence-electron chi connectivity index (χ0n) is 8.13. The highest BCUT2D eigenvalue weighted by molar-refractivity contribution is 9.11. The van der Waals surface area contributed by atoms with Gasteiger partial charge in [0.25, 0.3) is 0 Å². The second-order valence-electron chi connectivity index (χ2n) is 3.32. The van der Waals surface area contributed by atoms with Crippen molar-refractivity contribution in [1.29, 1.82) is 0 Å². The quantitative estimate of drug-likeness (QED) is 0.869. The molecule has 1 atom stereocenters. The molecule has 0 heterocycles. The van der Waals surface area contributed by atoms with Crippen LogP contribution in [0.4, 0.5) is 0 Å². The molecule has 1 unspecified atom stereocenters. The fraction of sp³-hybridized carbons (Fsp3) is 0.455. The van der Waals surface area contributed by atoms with Gasteiger partial charge in [-0.05, 0) is 30.2 Å². The molecule has 14 heavy (non-hydrogen) atoms. The summed E-state index contributed by atoms with van der Waals surface area (Å²) >= 11 is 6.84. The smallest absolute Gasteiger partial charge is 0.0801 e. The van der Waals surface area contributed by atoms with Crippen molar-refractivity contribution < 1.29 is 5.11 Å². The zero-order chi connectivity index (χ0) is 10.6. The molecule has 1 rings (SSSR count). The van der Waals surface area contributed by atoms with Crippen molar-refractivity contribution >= 4 is 31.9 Å². The standard InChI is InChI=1S/C11H14Br2O/c1-2-3-4-11(14)9-7-8(12)5-6-10(9)13/h5-7,11,14H,2-4H2,1H3. The minimum Gasteiger partial charge on any atom is -0.388 e. The molecule has 3 heteroatoms. The molecule has 0 spiro atoms. The molecule has 1 aromatic carbocycles. The molecule has 1 aromatic rings. The lowest BCUT2D eigenvalue weighted by Gasteiger charge is -2.12. The molecule has 0 aliphatic carbocycles. The van der Waals surface area contributed by atoms with Gasteiger partial charge in [0.05, 0.1) is 6.10 Å². The van der Waals surface area contributed by atoms with E-state index in [-0.39, 0.29) is 6.10 Å². The third kappa shape index (κ3) is 3.37. The fourth-order valence-corrected chi connectivity index (χ4v) is 2.21. The van der Waals surface area contributed by atoms with Crippen LogP contribution in [0.25, 0.3) is 0 Å².